The van der Waals surface area contributed by atoms with Gasteiger partial charge < -0.3 is 4.42 Å². The summed E-state index contributed by atoms with van der Waals surface area (Å²) in [5.41, 5.74) is 2.21. The Kier molecular flexibility index (Phi) is 1.72. The van der Waals surface area contributed by atoms with E-state index in [1.54, 1.807) is 0 Å². The van der Waals surface area contributed by atoms with E-state index in [0.29, 0.717) is 0 Å². The summed E-state index contributed by atoms with van der Waals surface area (Å²) >= 11 is 3.45. The Morgan fingerprint density at radius 2 is 2.00 bits per heavy atom. The molecule has 1 nitrogen and oxygen atoms in total. The summed E-state index contributed by atoms with van der Waals surface area (Å²) in [6, 6.07) is 6.16. The first-order valence-electron chi connectivity index (χ1n) is 3.84. The predicted molar refractivity (Wildman–Crippen MR) is 53.4 cm³/mol. The molecule has 1 aromatic carbocycles. The number of fused-ring (bicyclic) bond motifs is 1. The van der Waals surface area contributed by atoms with E-state index in [-0.39, 0.29) is 0 Å². The lowest BCUT2D eigenvalue weighted by Gasteiger charge is -1.95. The monoisotopic (exact) mass is 224 g/mol. The van der Waals surface area contributed by atoms with Gasteiger partial charge in [-0.25, -0.2) is 0 Å². The van der Waals surface area contributed by atoms with Crippen LogP contribution >= 0.6 is 15.9 Å². The van der Waals surface area contributed by atoms with Gasteiger partial charge >= 0.3 is 0 Å². The van der Waals surface area contributed by atoms with Crippen LogP contribution in [0, 0.1) is 13.8 Å². The molecule has 2 aromatic rings. The van der Waals surface area contributed by atoms with Gasteiger partial charge in [-0.2, -0.15) is 0 Å². The number of benzene rings is 1. The van der Waals surface area contributed by atoms with Crippen molar-refractivity contribution in [1.29, 1.82) is 0 Å². The van der Waals surface area contributed by atoms with Gasteiger partial charge in [0.15, 0.2) is 0 Å². The minimum atomic E-state index is 0.951. The molecule has 1 aromatic heterocycles. The standard InChI is InChI=1S/C10H9BrO/c1-6-3-4-9(11)10-8(6)5-7(2)12-10/h3-5H,1-2H3. The Bertz CT molecular complexity index is 390. The molecule has 0 aliphatic carbocycles. The van der Waals surface area contributed by atoms with Gasteiger partial charge in [0.05, 0.1) is 4.47 Å². The van der Waals surface area contributed by atoms with Crippen LogP contribution in [0.25, 0.3) is 11.0 Å². The lowest BCUT2D eigenvalue weighted by atomic mass is 10.1. The van der Waals surface area contributed by atoms with Crippen molar-refractivity contribution in [2.75, 3.05) is 0 Å². The number of furan rings is 1. The SMILES string of the molecule is Cc1cc2c(C)ccc(Br)c2o1. The highest BCUT2D eigenvalue weighted by molar-refractivity contribution is 9.10. The van der Waals surface area contributed by atoms with Crippen LogP contribution in [0.5, 0.6) is 0 Å². The van der Waals surface area contributed by atoms with Crippen molar-refractivity contribution in [2.24, 2.45) is 0 Å². The zero-order valence-electron chi connectivity index (χ0n) is 7.02. The molecule has 12 heavy (non-hydrogen) atoms. The van der Waals surface area contributed by atoms with E-state index < -0.39 is 0 Å². The van der Waals surface area contributed by atoms with Crippen molar-refractivity contribution >= 4 is 26.9 Å². The van der Waals surface area contributed by atoms with E-state index >= 15 is 0 Å². The summed E-state index contributed by atoms with van der Waals surface area (Å²) in [7, 11) is 0. The van der Waals surface area contributed by atoms with Crippen LogP contribution in [0.15, 0.2) is 27.1 Å². The molecule has 1 heterocycles. The number of aryl methyl sites for hydroxylation is 2. The van der Waals surface area contributed by atoms with Gasteiger partial charge in [-0.15, -0.1) is 0 Å². The van der Waals surface area contributed by atoms with Gasteiger partial charge in [0.25, 0.3) is 0 Å². The molecule has 0 atom stereocenters. The summed E-state index contributed by atoms with van der Waals surface area (Å²) < 4.78 is 6.56. The van der Waals surface area contributed by atoms with Crippen molar-refractivity contribution in [1.82, 2.24) is 0 Å². The van der Waals surface area contributed by atoms with Crippen molar-refractivity contribution in [3.63, 3.8) is 0 Å². The number of rotatable bonds is 0. The molecule has 2 heteroatoms. The van der Waals surface area contributed by atoms with Crippen LogP contribution in [0.1, 0.15) is 11.3 Å². The fraction of sp³-hybridized carbons (Fsp3) is 0.200. The average Bonchev–Trinajstić information content (AvgIpc) is 2.41. The van der Waals surface area contributed by atoms with Crippen molar-refractivity contribution in [3.8, 4) is 0 Å². The smallest absolute Gasteiger partial charge is 0.148 e. The molecule has 0 N–H and O–H groups in total. The normalized spacial score (nSPS) is 10.9. The second-order valence-electron chi connectivity index (χ2n) is 2.96. The molecule has 0 saturated heterocycles. The molecule has 0 unspecified atom stereocenters. The largest absolute Gasteiger partial charge is 0.460 e. The third-order valence-electron chi connectivity index (χ3n) is 1.98. The second kappa shape index (κ2) is 2.63. The van der Waals surface area contributed by atoms with E-state index in [1.807, 2.05) is 13.0 Å². The van der Waals surface area contributed by atoms with E-state index in [9.17, 15) is 0 Å². The molecule has 62 valence electrons. The molecule has 0 amide bonds. The topological polar surface area (TPSA) is 13.1 Å². The van der Waals surface area contributed by atoms with Gasteiger partial charge in [0.2, 0.25) is 0 Å². The highest BCUT2D eigenvalue weighted by Gasteiger charge is 2.05. The van der Waals surface area contributed by atoms with Crippen molar-refractivity contribution in [3.05, 3.63) is 34.0 Å². The highest BCUT2D eigenvalue weighted by atomic mass is 79.9. The van der Waals surface area contributed by atoms with Crippen LogP contribution in [0.2, 0.25) is 0 Å². The summed E-state index contributed by atoms with van der Waals surface area (Å²) in [5, 5.41) is 1.20. The molecule has 0 saturated carbocycles. The Hall–Kier alpha value is -0.760. The first-order chi connectivity index (χ1) is 5.68. The summed E-state index contributed by atoms with van der Waals surface area (Å²) in [4.78, 5) is 0. The first kappa shape index (κ1) is 7.87. The maximum atomic E-state index is 5.53. The molecule has 0 spiro atoms. The van der Waals surface area contributed by atoms with Crippen molar-refractivity contribution < 1.29 is 4.42 Å². The lowest BCUT2D eigenvalue weighted by molar-refractivity contribution is 0.577. The molecule has 2 rings (SSSR count). The van der Waals surface area contributed by atoms with E-state index in [1.165, 1.54) is 10.9 Å². The number of halogens is 1. The van der Waals surface area contributed by atoms with Gasteiger partial charge in [-0.1, -0.05) is 6.07 Å². The van der Waals surface area contributed by atoms with Crippen LogP contribution in [-0.2, 0) is 0 Å². The maximum Gasteiger partial charge on any atom is 0.148 e. The minimum absolute atomic E-state index is 0.951. The molecular formula is C10H9BrO. The first-order valence-corrected chi connectivity index (χ1v) is 4.63. The van der Waals surface area contributed by atoms with Crippen LogP contribution in [0.4, 0.5) is 0 Å². The van der Waals surface area contributed by atoms with Crippen LogP contribution in [0.3, 0.4) is 0 Å². The molecular weight excluding hydrogens is 216 g/mol. The number of hydrogen-bond acceptors (Lipinski definition) is 1. The van der Waals surface area contributed by atoms with Crippen molar-refractivity contribution in [2.45, 2.75) is 13.8 Å². The third kappa shape index (κ3) is 1.07. The quantitative estimate of drug-likeness (QED) is 0.664. The average molecular weight is 225 g/mol. The van der Waals surface area contributed by atoms with E-state index in [2.05, 4.69) is 35.0 Å². The second-order valence-corrected chi connectivity index (χ2v) is 3.82. The Labute approximate surface area is 79.5 Å². The summed E-state index contributed by atoms with van der Waals surface area (Å²) in [5.74, 6) is 0.958. The van der Waals surface area contributed by atoms with Gasteiger partial charge in [0, 0.05) is 5.39 Å². The predicted octanol–water partition coefficient (Wildman–Crippen LogP) is 3.81. The summed E-state index contributed by atoms with van der Waals surface area (Å²) in [6.45, 7) is 4.05. The van der Waals surface area contributed by atoms with Gasteiger partial charge in [0.1, 0.15) is 11.3 Å². The minimum Gasteiger partial charge on any atom is -0.460 e. The fourth-order valence-electron chi connectivity index (χ4n) is 1.35. The number of hydrogen-bond donors (Lipinski definition) is 0. The molecule has 0 aliphatic rings. The Balaban J connectivity index is 2.93. The zero-order valence-corrected chi connectivity index (χ0v) is 8.60. The van der Waals surface area contributed by atoms with Crippen LogP contribution < -0.4 is 0 Å². The third-order valence-corrected chi connectivity index (χ3v) is 2.60. The van der Waals surface area contributed by atoms with Gasteiger partial charge in [-0.3, -0.25) is 0 Å². The lowest BCUT2D eigenvalue weighted by Crippen LogP contribution is -1.72. The zero-order chi connectivity index (χ0) is 8.72. The Morgan fingerprint density at radius 1 is 1.25 bits per heavy atom. The van der Waals surface area contributed by atoms with Gasteiger partial charge in [-0.05, 0) is 47.5 Å². The van der Waals surface area contributed by atoms with E-state index in [4.69, 9.17) is 4.42 Å². The van der Waals surface area contributed by atoms with Crippen LogP contribution in [-0.4, -0.2) is 0 Å². The molecule has 0 radical (unpaired) electrons. The molecule has 0 bridgehead atoms. The Morgan fingerprint density at radius 3 is 2.67 bits per heavy atom. The molecule has 0 aliphatic heterocycles. The molecule has 0 fully saturated rings. The fourth-order valence-corrected chi connectivity index (χ4v) is 1.77. The highest BCUT2D eigenvalue weighted by Crippen LogP contribution is 2.29. The summed E-state index contributed by atoms with van der Waals surface area (Å²) in [6.07, 6.45) is 0. The maximum absolute atomic E-state index is 5.53. The van der Waals surface area contributed by atoms with E-state index in [0.717, 1.165) is 15.8 Å².